The summed E-state index contributed by atoms with van der Waals surface area (Å²) in [5.41, 5.74) is 2.12. The zero-order valence-corrected chi connectivity index (χ0v) is 12.9. The molecule has 0 aliphatic carbocycles. The number of rotatable bonds is 4. The van der Waals surface area contributed by atoms with Crippen molar-refractivity contribution in [3.05, 3.63) is 48.5 Å². The highest BCUT2D eigenvalue weighted by molar-refractivity contribution is 7.99. The average molecular weight is 320 g/mol. The van der Waals surface area contributed by atoms with Crippen LogP contribution in [0.4, 0.5) is 11.4 Å². The van der Waals surface area contributed by atoms with E-state index in [9.17, 15) is 13.0 Å². The number of nitrogens with zero attached hydrogens (tertiary/aromatic N) is 1. The lowest BCUT2D eigenvalue weighted by molar-refractivity contribution is 0.461. The Hall–Kier alpha value is -1.50. The summed E-state index contributed by atoms with van der Waals surface area (Å²) in [5.74, 6) is -0.332. The molecule has 0 saturated carbocycles. The lowest BCUT2D eigenvalue weighted by Gasteiger charge is -2.32. The van der Waals surface area contributed by atoms with Gasteiger partial charge in [0.2, 0.25) is 0 Å². The van der Waals surface area contributed by atoms with Crippen molar-refractivity contribution in [3.63, 3.8) is 0 Å². The van der Waals surface area contributed by atoms with Gasteiger partial charge in [0.15, 0.2) is 0 Å². The third kappa shape index (κ3) is 3.23. The summed E-state index contributed by atoms with van der Waals surface area (Å²) in [5, 5.41) is 0. The molecule has 0 fully saturated rings. The predicted molar refractivity (Wildman–Crippen MR) is 83.2 cm³/mol. The monoisotopic (exact) mass is 320 g/mol. The lowest BCUT2D eigenvalue weighted by atomic mass is 10.2. The van der Waals surface area contributed by atoms with Crippen LogP contribution in [0.25, 0.3) is 0 Å². The van der Waals surface area contributed by atoms with Crippen molar-refractivity contribution >= 4 is 33.3 Å². The summed E-state index contributed by atoms with van der Waals surface area (Å²) in [6.45, 7) is 0.510. The third-order valence-corrected chi connectivity index (χ3v) is 5.23. The molecule has 21 heavy (non-hydrogen) atoms. The van der Waals surface area contributed by atoms with Gasteiger partial charge in [-0.3, -0.25) is 0 Å². The van der Waals surface area contributed by atoms with Gasteiger partial charge in [0.1, 0.15) is 0 Å². The number of hydrogen-bond acceptors (Lipinski definition) is 5. The highest BCUT2D eigenvalue weighted by atomic mass is 32.2. The van der Waals surface area contributed by atoms with Crippen LogP contribution >= 0.6 is 11.8 Å². The topological polar surface area (TPSA) is 60.4 Å². The molecule has 110 valence electrons. The molecule has 0 unspecified atom stereocenters. The quantitative estimate of drug-likeness (QED) is 0.810. The maximum atomic E-state index is 10.8. The van der Waals surface area contributed by atoms with E-state index in [1.807, 2.05) is 48.5 Å². The minimum Gasteiger partial charge on any atom is -0.748 e. The van der Waals surface area contributed by atoms with E-state index >= 15 is 0 Å². The van der Waals surface area contributed by atoms with Gasteiger partial charge in [-0.1, -0.05) is 36.0 Å². The number of anilines is 2. The second kappa shape index (κ2) is 5.71. The van der Waals surface area contributed by atoms with E-state index in [0.717, 1.165) is 21.2 Å². The zero-order valence-electron chi connectivity index (χ0n) is 11.2. The standard InChI is InChI=1S/C15H15NO3S2/c17-21(18,19)11-5-10-16-12-6-1-3-8-14(12)20-15-9-4-2-7-13(15)16/h1-4,6-9H,5,10-11H2,(H,17,18,19)/p-1. The first-order valence-corrected chi connectivity index (χ1v) is 9.01. The van der Waals surface area contributed by atoms with Crippen molar-refractivity contribution in [1.29, 1.82) is 0 Å². The van der Waals surface area contributed by atoms with Crippen molar-refractivity contribution in [3.8, 4) is 0 Å². The van der Waals surface area contributed by atoms with Gasteiger partial charge in [0.25, 0.3) is 0 Å². The van der Waals surface area contributed by atoms with Crippen LogP contribution in [-0.2, 0) is 10.1 Å². The Balaban J connectivity index is 1.91. The van der Waals surface area contributed by atoms with E-state index < -0.39 is 10.1 Å². The highest BCUT2D eigenvalue weighted by Crippen LogP contribution is 2.47. The molecule has 0 atom stereocenters. The maximum Gasteiger partial charge on any atom is 0.0946 e. The third-order valence-electron chi connectivity index (χ3n) is 3.31. The van der Waals surface area contributed by atoms with E-state index in [0.29, 0.717) is 13.0 Å². The molecule has 0 spiro atoms. The summed E-state index contributed by atoms with van der Waals surface area (Å²) in [6, 6.07) is 16.0. The van der Waals surface area contributed by atoms with Crippen LogP contribution in [0, 0.1) is 0 Å². The molecule has 2 aromatic rings. The molecule has 0 radical (unpaired) electrons. The fraction of sp³-hybridized carbons (Fsp3) is 0.200. The van der Waals surface area contributed by atoms with Crippen LogP contribution in [0.3, 0.4) is 0 Å². The predicted octanol–water partition coefficient (Wildman–Crippen LogP) is 3.22. The Labute approximate surface area is 128 Å². The zero-order chi connectivity index (χ0) is 14.9. The van der Waals surface area contributed by atoms with E-state index in [1.54, 1.807) is 11.8 Å². The van der Waals surface area contributed by atoms with Gasteiger partial charge in [-0.05, 0) is 30.7 Å². The van der Waals surface area contributed by atoms with Crippen molar-refractivity contribution in [2.75, 3.05) is 17.2 Å². The van der Waals surface area contributed by atoms with Crippen molar-refractivity contribution in [2.24, 2.45) is 0 Å². The smallest absolute Gasteiger partial charge is 0.0946 e. The van der Waals surface area contributed by atoms with E-state index in [2.05, 4.69) is 4.90 Å². The Morgan fingerprint density at radius 3 is 2.00 bits per heavy atom. The van der Waals surface area contributed by atoms with Crippen molar-refractivity contribution in [2.45, 2.75) is 16.2 Å². The van der Waals surface area contributed by atoms with Crippen LogP contribution in [0.1, 0.15) is 6.42 Å². The first kappa shape index (κ1) is 14.4. The molecule has 2 aromatic carbocycles. The molecule has 0 N–H and O–H groups in total. The number of fused-ring (bicyclic) bond motifs is 2. The SMILES string of the molecule is O=S(=O)([O-])CCCN1c2ccccc2Sc2ccccc21. The molecular weight excluding hydrogens is 306 g/mol. The second-order valence-corrected chi connectivity index (χ2v) is 7.41. The average Bonchev–Trinajstić information content (AvgIpc) is 2.45. The molecule has 0 aromatic heterocycles. The van der Waals surface area contributed by atoms with Crippen LogP contribution < -0.4 is 4.90 Å². The van der Waals surface area contributed by atoms with E-state index in [-0.39, 0.29) is 5.75 Å². The first-order valence-electron chi connectivity index (χ1n) is 6.62. The Morgan fingerprint density at radius 1 is 0.952 bits per heavy atom. The van der Waals surface area contributed by atoms with Crippen LogP contribution in [0.15, 0.2) is 58.3 Å². The van der Waals surface area contributed by atoms with Gasteiger partial charge in [-0.2, -0.15) is 0 Å². The molecule has 3 rings (SSSR count). The van der Waals surface area contributed by atoms with Gasteiger partial charge in [-0.25, -0.2) is 8.42 Å². The van der Waals surface area contributed by atoms with E-state index in [4.69, 9.17) is 0 Å². The Bertz CT molecular complexity index is 714. The second-order valence-electron chi connectivity index (χ2n) is 4.80. The van der Waals surface area contributed by atoms with Gasteiger partial charge in [0.05, 0.1) is 21.5 Å². The van der Waals surface area contributed by atoms with Gasteiger partial charge < -0.3 is 9.45 Å². The number of para-hydroxylation sites is 2. The number of hydrogen-bond donors (Lipinski definition) is 0. The van der Waals surface area contributed by atoms with E-state index in [1.165, 1.54) is 0 Å². The summed E-state index contributed by atoms with van der Waals surface area (Å²) >= 11 is 1.70. The van der Waals surface area contributed by atoms with Crippen molar-refractivity contribution in [1.82, 2.24) is 0 Å². The molecule has 1 aliphatic rings. The molecule has 0 amide bonds. The maximum absolute atomic E-state index is 10.8. The largest absolute Gasteiger partial charge is 0.748 e. The molecule has 1 heterocycles. The minimum atomic E-state index is -4.16. The van der Waals surface area contributed by atoms with Gasteiger partial charge in [-0.15, -0.1) is 0 Å². The molecule has 0 bridgehead atoms. The molecule has 1 aliphatic heterocycles. The fourth-order valence-corrected chi connectivity index (χ4v) is 4.00. The Kier molecular flexibility index (Phi) is 3.93. The van der Waals surface area contributed by atoms with Crippen LogP contribution in [0.2, 0.25) is 0 Å². The normalized spacial score (nSPS) is 13.7. The Morgan fingerprint density at radius 2 is 1.48 bits per heavy atom. The van der Waals surface area contributed by atoms with Crippen molar-refractivity contribution < 1.29 is 13.0 Å². The molecule has 0 saturated heterocycles. The van der Waals surface area contributed by atoms with Gasteiger partial charge >= 0.3 is 0 Å². The summed E-state index contributed by atoms with van der Waals surface area (Å²) in [6.07, 6.45) is 0.319. The summed E-state index contributed by atoms with van der Waals surface area (Å²) < 4.78 is 32.4. The lowest BCUT2D eigenvalue weighted by Crippen LogP contribution is -2.23. The molecular formula is C15H14NO3S2-. The molecule has 6 heteroatoms. The first-order chi connectivity index (χ1) is 10.0. The molecule has 4 nitrogen and oxygen atoms in total. The van der Waals surface area contributed by atoms with Gasteiger partial charge in [0, 0.05) is 22.1 Å². The summed E-state index contributed by atoms with van der Waals surface area (Å²) in [4.78, 5) is 4.37. The fourth-order valence-electron chi connectivity index (χ4n) is 2.42. The minimum absolute atomic E-state index is 0.319. The number of benzene rings is 2. The van der Waals surface area contributed by atoms with Crippen LogP contribution in [-0.4, -0.2) is 25.3 Å². The highest BCUT2D eigenvalue weighted by Gasteiger charge is 2.22. The van der Waals surface area contributed by atoms with Crippen LogP contribution in [0.5, 0.6) is 0 Å². The summed E-state index contributed by atoms with van der Waals surface area (Å²) in [7, 11) is -4.16.